The zero-order valence-corrected chi connectivity index (χ0v) is 18.7. The summed E-state index contributed by atoms with van der Waals surface area (Å²) >= 11 is 0. The second kappa shape index (κ2) is 8.57. The van der Waals surface area contributed by atoms with Crippen molar-refractivity contribution in [3.63, 3.8) is 0 Å². The molecular formula is C24H28O7. The number of rotatable bonds is 5. The van der Waals surface area contributed by atoms with Crippen LogP contribution in [-0.4, -0.2) is 23.6 Å². The predicted octanol–water partition coefficient (Wildman–Crippen LogP) is 4.47. The molecule has 0 saturated heterocycles. The van der Waals surface area contributed by atoms with Crippen LogP contribution in [0.4, 0.5) is 0 Å². The first-order valence-electron chi connectivity index (χ1n) is 10.4. The second-order valence-corrected chi connectivity index (χ2v) is 8.35. The lowest BCUT2D eigenvalue weighted by Crippen LogP contribution is -2.52. The van der Waals surface area contributed by atoms with Crippen LogP contribution in [0.5, 0.6) is 5.75 Å². The molecule has 0 N–H and O–H groups in total. The maximum absolute atomic E-state index is 12.7. The minimum Gasteiger partial charge on any atom is -0.483 e. The molecule has 0 bridgehead atoms. The molecule has 166 valence electrons. The average Bonchev–Trinajstić information content (AvgIpc) is 2.73. The fourth-order valence-corrected chi connectivity index (χ4v) is 3.36. The van der Waals surface area contributed by atoms with Gasteiger partial charge in [-0.2, -0.15) is 0 Å². The van der Waals surface area contributed by atoms with Gasteiger partial charge >= 0.3 is 17.6 Å². The van der Waals surface area contributed by atoms with Gasteiger partial charge in [-0.15, -0.1) is 0 Å². The van der Waals surface area contributed by atoms with E-state index in [0.717, 1.165) is 0 Å². The minimum atomic E-state index is -1.01. The van der Waals surface area contributed by atoms with E-state index in [9.17, 15) is 14.4 Å². The largest absolute Gasteiger partial charge is 0.483 e. The van der Waals surface area contributed by atoms with Gasteiger partial charge < -0.3 is 18.6 Å². The Morgan fingerprint density at radius 3 is 2.58 bits per heavy atom. The van der Waals surface area contributed by atoms with Crippen LogP contribution < -0.4 is 10.4 Å². The molecule has 2 heterocycles. The first-order chi connectivity index (χ1) is 14.6. The zero-order chi connectivity index (χ0) is 22.9. The van der Waals surface area contributed by atoms with Crippen molar-refractivity contribution in [2.24, 2.45) is 5.92 Å². The molecule has 7 heteroatoms. The van der Waals surface area contributed by atoms with Crippen molar-refractivity contribution in [1.82, 2.24) is 0 Å². The Labute approximate surface area is 181 Å². The number of fused-ring (bicyclic) bond motifs is 2. The number of esters is 2. The maximum atomic E-state index is 12.7. The molecule has 0 aliphatic carbocycles. The second-order valence-electron chi connectivity index (χ2n) is 8.35. The van der Waals surface area contributed by atoms with Gasteiger partial charge in [0.2, 0.25) is 0 Å². The number of hydrogen-bond acceptors (Lipinski definition) is 7. The monoisotopic (exact) mass is 428 g/mol. The van der Waals surface area contributed by atoms with Crippen molar-refractivity contribution in [1.29, 1.82) is 0 Å². The molecule has 31 heavy (non-hydrogen) atoms. The van der Waals surface area contributed by atoms with Crippen molar-refractivity contribution in [2.45, 2.75) is 65.8 Å². The number of benzene rings is 1. The Bertz CT molecular complexity index is 1090. The number of carbonyl (C=O) groups excluding carboxylic acids is 2. The molecule has 0 saturated carbocycles. The number of ether oxygens (including phenoxy) is 3. The summed E-state index contributed by atoms with van der Waals surface area (Å²) < 4.78 is 23.1. The van der Waals surface area contributed by atoms with Gasteiger partial charge in [-0.1, -0.05) is 19.9 Å². The van der Waals surface area contributed by atoms with E-state index in [-0.39, 0.29) is 11.9 Å². The van der Waals surface area contributed by atoms with E-state index in [1.165, 1.54) is 6.07 Å². The molecule has 1 aromatic heterocycles. The van der Waals surface area contributed by atoms with Crippen LogP contribution in [0.2, 0.25) is 0 Å². The van der Waals surface area contributed by atoms with Gasteiger partial charge in [-0.05, 0) is 46.2 Å². The third-order valence-corrected chi connectivity index (χ3v) is 5.64. The van der Waals surface area contributed by atoms with E-state index >= 15 is 0 Å². The summed E-state index contributed by atoms with van der Waals surface area (Å²) in [5, 5.41) is 0.640. The van der Waals surface area contributed by atoms with Crippen LogP contribution in [0.1, 0.15) is 59.6 Å². The van der Waals surface area contributed by atoms with Gasteiger partial charge in [0.1, 0.15) is 16.9 Å². The SMILES string of the molecule is CC=C(C)C(=O)OC1C(OC(=O)C(C)CC)c2cc3ccc(=O)oc3cc2OC1(C)C. The molecule has 0 radical (unpaired) electrons. The quantitative estimate of drug-likeness (QED) is 0.394. The molecule has 1 aromatic carbocycles. The van der Waals surface area contributed by atoms with Crippen LogP contribution in [-0.2, 0) is 19.1 Å². The van der Waals surface area contributed by atoms with Crippen molar-refractivity contribution in [3.05, 3.63) is 51.9 Å². The van der Waals surface area contributed by atoms with Crippen molar-refractivity contribution < 1.29 is 28.2 Å². The lowest BCUT2D eigenvalue weighted by molar-refractivity contribution is -0.190. The molecule has 3 rings (SSSR count). The van der Waals surface area contributed by atoms with Crippen LogP contribution >= 0.6 is 0 Å². The van der Waals surface area contributed by atoms with E-state index in [2.05, 4.69) is 0 Å². The molecule has 2 aromatic rings. The van der Waals surface area contributed by atoms with E-state index in [1.807, 2.05) is 6.92 Å². The van der Waals surface area contributed by atoms with E-state index < -0.39 is 29.4 Å². The first kappa shape index (κ1) is 22.6. The van der Waals surface area contributed by atoms with Gasteiger partial charge in [0.05, 0.1) is 5.92 Å². The summed E-state index contributed by atoms with van der Waals surface area (Å²) in [4.78, 5) is 36.9. The molecular weight excluding hydrogens is 400 g/mol. The highest BCUT2D eigenvalue weighted by Crippen LogP contribution is 2.45. The average molecular weight is 428 g/mol. The van der Waals surface area contributed by atoms with Crippen LogP contribution in [0.15, 0.2) is 45.1 Å². The van der Waals surface area contributed by atoms with E-state index in [0.29, 0.717) is 34.3 Å². The summed E-state index contributed by atoms with van der Waals surface area (Å²) in [7, 11) is 0. The van der Waals surface area contributed by atoms with E-state index in [4.69, 9.17) is 18.6 Å². The highest BCUT2D eigenvalue weighted by Gasteiger charge is 2.49. The summed E-state index contributed by atoms with van der Waals surface area (Å²) in [5.41, 5.74) is -0.146. The first-order valence-corrected chi connectivity index (χ1v) is 10.4. The van der Waals surface area contributed by atoms with Crippen molar-refractivity contribution >= 4 is 22.9 Å². The summed E-state index contributed by atoms with van der Waals surface area (Å²) in [6, 6.07) is 6.28. The topological polar surface area (TPSA) is 92.0 Å². The minimum absolute atomic E-state index is 0.318. The van der Waals surface area contributed by atoms with Gasteiger partial charge in [-0.25, -0.2) is 9.59 Å². The smallest absolute Gasteiger partial charge is 0.336 e. The zero-order valence-electron chi connectivity index (χ0n) is 18.7. The Hall–Kier alpha value is -3.09. The standard InChI is InChI=1S/C24H28O7/c1-7-13(3)22(26)29-20-16-11-15-9-10-19(25)28-17(15)12-18(16)31-24(5,6)21(20)30-23(27)14(4)8-2/h8-13,20-21H,7H2,1-6H3. The molecule has 7 nitrogen and oxygen atoms in total. The predicted molar refractivity (Wildman–Crippen MR) is 115 cm³/mol. The summed E-state index contributed by atoms with van der Waals surface area (Å²) in [6.45, 7) is 10.6. The molecule has 1 aliphatic heterocycles. The van der Waals surface area contributed by atoms with Gasteiger partial charge in [-0.3, -0.25) is 4.79 Å². The fourth-order valence-electron chi connectivity index (χ4n) is 3.36. The Morgan fingerprint density at radius 1 is 1.23 bits per heavy atom. The number of carbonyl (C=O) groups is 2. The molecule has 0 fully saturated rings. The van der Waals surface area contributed by atoms with Gasteiger partial charge in [0, 0.05) is 28.7 Å². The lowest BCUT2D eigenvalue weighted by atomic mass is 9.87. The molecule has 1 aliphatic rings. The maximum Gasteiger partial charge on any atom is 0.336 e. The molecule has 3 unspecified atom stereocenters. The molecule has 0 amide bonds. The van der Waals surface area contributed by atoms with Gasteiger partial charge in [0.25, 0.3) is 0 Å². The number of hydrogen-bond donors (Lipinski definition) is 0. The third-order valence-electron chi connectivity index (χ3n) is 5.64. The Kier molecular flexibility index (Phi) is 6.25. The van der Waals surface area contributed by atoms with Crippen LogP contribution in [0, 0.1) is 5.92 Å². The fraction of sp³-hybridized carbons (Fsp3) is 0.458. The highest BCUT2D eigenvalue weighted by molar-refractivity contribution is 5.88. The Morgan fingerprint density at radius 2 is 1.94 bits per heavy atom. The number of allylic oxidation sites excluding steroid dienone is 1. The lowest BCUT2D eigenvalue weighted by Gasteiger charge is -2.43. The third kappa shape index (κ3) is 4.50. The highest BCUT2D eigenvalue weighted by atomic mass is 16.6. The van der Waals surface area contributed by atoms with Gasteiger partial charge in [0.15, 0.2) is 12.2 Å². The van der Waals surface area contributed by atoms with Crippen molar-refractivity contribution in [3.8, 4) is 5.75 Å². The molecule has 3 atom stereocenters. The molecule has 0 spiro atoms. The summed E-state index contributed by atoms with van der Waals surface area (Å²) in [5.74, 6) is -0.811. The van der Waals surface area contributed by atoms with Crippen LogP contribution in [0.25, 0.3) is 11.0 Å². The van der Waals surface area contributed by atoms with Crippen molar-refractivity contribution in [2.75, 3.05) is 0 Å². The van der Waals surface area contributed by atoms with E-state index in [1.54, 1.807) is 58.9 Å². The summed E-state index contributed by atoms with van der Waals surface area (Å²) in [6.07, 6.45) is 0.500. The van der Waals surface area contributed by atoms with Crippen LogP contribution in [0.3, 0.4) is 0 Å². The Balaban J connectivity index is 2.14. The normalized spacial score (nSPS) is 21.0.